The van der Waals surface area contributed by atoms with Gasteiger partial charge in [0, 0.05) is 6.54 Å². The van der Waals surface area contributed by atoms with Gasteiger partial charge in [0.25, 0.3) is 5.91 Å². The van der Waals surface area contributed by atoms with Crippen molar-refractivity contribution in [2.24, 2.45) is 0 Å². The van der Waals surface area contributed by atoms with E-state index in [0.29, 0.717) is 16.9 Å². The number of benzene rings is 2. The second-order valence-electron chi connectivity index (χ2n) is 5.78. The Labute approximate surface area is 163 Å². The lowest BCUT2D eigenvalue weighted by molar-refractivity contribution is -0.116. The highest BCUT2D eigenvalue weighted by atomic mass is 16.6. The second kappa shape index (κ2) is 9.74. The fourth-order valence-corrected chi connectivity index (χ4v) is 2.39. The van der Waals surface area contributed by atoms with Gasteiger partial charge in [0.2, 0.25) is 0 Å². The van der Waals surface area contributed by atoms with Crippen molar-refractivity contribution >= 4 is 18.0 Å². The zero-order chi connectivity index (χ0) is 20.5. The van der Waals surface area contributed by atoms with Gasteiger partial charge >= 0.3 is 5.97 Å². The molecule has 0 aromatic heterocycles. The lowest BCUT2D eigenvalue weighted by atomic mass is 10.1. The van der Waals surface area contributed by atoms with Crippen molar-refractivity contribution in [3.63, 3.8) is 0 Å². The van der Waals surface area contributed by atoms with Crippen LogP contribution in [0.5, 0.6) is 11.5 Å². The maximum atomic E-state index is 12.4. The van der Waals surface area contributed by atoms with Crippen LogP contribution in [0.1, 0.15) is 21.5 Å². The summed E-state index contributed by atoms with van der Waals surface area (Å²) in [6, 6.07) is 13.7. The van der Waals surface area contributed by atoms with Crippen molar-refractivity contribution in [3.05, 3.63) is 77.4 Å². The third-order valence-electron chi connectivity index (χ3n) is 3.84. The summed E-state index contributed by atoms with van der Waals surface area (Å²) in [5, 5.41) is 11.7. The van der Waals surface area contributed by atoms with Gasteiger partial charge in [-0.3, -0.25) is 4.79 Å². The molecule has 0 unspecified atom stereocenters. The van der Waals surface area contributed by atoms with Crippen LogP contribution < -0.4 is 14.8 Å². The molecule has 0 saturated heterocycles. The van der Waals surface area contributed by atoms with Crippen LogP contribution in [0.3, 0.4) is 0 Å². The molecule has 0 heterocycles. The number of aryl methyl sites for hydroxylation is 1. The summed E-state index contributed by atoms with van der Waals surface area (Å²) >= 11 is 0. The molecule has 6 nitrogen and oxygen atoms in total. The Kier molecular flexibility index (Phi) is 7.12. The Morgan fingerprint density at radius 2 is 1.96 bits per heavy atom. The van der Waals surface area contributed by atoms with Gasteiger partial charge in [0.05, 0.1) is 12.7 Å². The summed E-state index contributed by atoms with van der Waals surface area (Å²) in [5.74, 6) is -0.459. The highest BCUT2D eigenvalue weighted by Gasteiger charge is 2.15. The molecule has 2 rings (SSSR count). The normalized spacial score (nSPS) is 10.5. The molecule has 0 bridgehead atoms. The predicted octanol–water partition coefficient (Wildman–Crippen LogP) is 3.43. The minimum Gasteiger partial charge on any atom is -0.493 e. The topological polar surface area (TPSA) is 88.4 Å². The largest absolute Gasteiger partial charge is 0.493 e. The summed E-state index contributed by atoms with van der Waals surface area (Å²) < 4.78 is 10.7. The molecule has 2 aromatic carbocycles. The van der Waals surface area contributed by atoms with Crippen molar-refractivity contribution in [3.8, 4) is 17.6 Å². The van der Waals surface area contributed by atoms with Crippen LogP contribution >= 0.6 is 0 Å². The Morgan fingerprint density at radius 3 is 2.61 bits per heavy atom. The maximum Gasteiger partial charge on any atom is 0.343 e. The Balaban J connectivity index is 2.26. The van der Waals surface area contributed by atoms with E-state index >= 15 is 0 Å². The molecule has 28 heavy (non-hydrogen) atoms. The van der Waals surface area contributed by atoms with E-state index in [2.05, 4.69) is 11.9 Å². The molecule has 0 fully saturated rings. The third-order valence-corrected chi connectivity index (χ3v) is 3.84. The first-order valence-corrected chi connectivity index (χ1v) is 8.47. The number of nitriles is 1. The van der Waals surface area contributed by atoms with E-state index < -0.39 is 11.9 Å². The van der Waals surface area contributed by atoms with E-state index in [1.54, 1.807) is 30.3 Å². The molecule has 1 N–H and O–H groups in total. The summed E-state index contributed by atoms with van der Waals surface area (Å²) in [5.41, 5.74) is 1.75. The smallest absolute Gasteiger partial charge is 0.343 e. The highest BCUT2D eigenvalue weighted by molar-refractivity contribution is 6.01. The minimum atomic E-state index is -0.503. The van der Waals surface area contributed by atoms with Crippen LogP contribution in [0, 0.1) is 18.3 Å². The molecule has 0 aliphatic heterocycles. The molecule has 0 radical (unpaired) electrons. The van der Waals surface area contributed by atoms with Gasteiger partial charge in [-0.05, 0) is 42.3 Å². The molecule has 6 heteroatoms. The van der Waals surface area contributed by atoms with Crippen molar-refractivity contribution in [1.82, 2.24) is 5.32 Å². The number of rotatable bonds is 7. The van der Waals surface area contributed by atoms with E-state index in [1.165, 1.54) is 19.3 Å². The van der Waals surface area contributed by atoms with Gasteiger partial charge in [0.15, 0.2) is 11.5 Å². The van der Waals surface area contributed by atoms with Crippen LogP contribution in [0.15, 0.2) is 60.7 Å². The van der Waals surface area contributed by atoms with E-state index in [4.69, 9.17) is 9.47 Å². The van der Waals surface area contributed by atoms with E-state index in [1.807, 2.05) is 25.1 Å². The lowest BCUT2D eigenvalue weighted by Gasteiger charge is -2.11. The zero-order valence-electron chi connectivity index (χ0n) is 15.7. The number of esters is 1. The third kappa shape index (κ3) is 5.08. The molecular weight excluding hydrogens is 356 g/mol. The number of carbonyl (C=O) groups is 2. The predicted molar refractivity (Wildman–Crippen MR) is 106 cm³/mol. The van der Waals surface area contributed by atoms with Crippen molar-refractivity contribution < 1.29 is 19.1 Å². The number of amides is 1. The van der Waals surface area contributed by atoms with E-state index in [0.717, 1.165) is 5.56 Å². The Bertz CT molecular complexity index is 971. The molecule has 0 saturated carbocycles. The van der Waals surface area contributed by atoms with E-state index in [9.17, 15) is 14.9 Å². The number of ether oxygens (including phenoxy) is 2. The van der Waals surface area contributed by atoms with Gasteiger partial charge in [-0.2, -0.15) is 5.26 Å². The van der Waals surface area contributed by atoms with Crippen molar-refractivity contribution in [2.75, 3.05) is 13.7 Å². The fourth-order valence-electron chi connectivity index (χ4n) is 2.39. The van der Waals surface area contributed by atoms with Gasteiger partial charge in [-0.15, -0.1) is 6.58 Å². The molecular formula is C22H20N2O4. The summed E-state index contributed by atoms with van der Waals surface area (Å²) in [7, 11) is 1.44. The van der Waals surface area contributed by atoms with Crippen LogP contribution in [0.2, 0.25) is 0 Å². The average Bonchev–Trinajstić information content (AvgIpc) is 2.71. The zero-order valence-corrected chi connectivity index (χ0v) is 15.7. The van der Waals surface area contributed by atoms with Gasteiger partial charge < -0.3 is 14.8 Å². The molecule has 0 atom stereocenters. The first kappa shape index (κ1) is 20.5. The lowest BCUT2D eigenvalue weighted by Crippen LogP contribution is -2.24. The first-order chi connectivity index (χ1) is 13.5. The SMILES string of the molecule is C=CCNC(=O)/C(C#N)=C/c1ccc(OC(=O)c2ccccc2C)c(OC)c1. The molecule has 2 aromatic rings. The minimum absolute atomic E-state index is 0.0615. The van der Waals surface area contributed by atoms with Gasteiger partial charge in [-0.25, -0.2) is 4.79 Å². The van der Waals surface area contributed by atoms with Crippen LogP contribution in [-0.2, 0) is 4.79 Å². The number of hydrogen-bond acceptors (Lipinski definition) is 5. The van der Waals surface area contributed by atoms with Crippen molar-refractivity contribution in [1.29, 1.82) is 5.26 Å². The van der Waals surface area contributed by atoms with Gasteiger partial charge in [0.1, 0.15) is 11.6 Å². The standard InChI is InChI=1S/C22H20N2O4/c1-4-11-24-21(25)17(14-23)12-16-9-10-19(20(13-16)27-3)28-22(26)18-8-6-5-7-15(18)2/h4-10,12-13H,1,11H2,2-3H3,(H,24,25)/b17-12+. The van der Waals surface area contributed by atoms with E-state index in [-0.39, 0.29) is 17.9 Å². The Hall–Kier alpha value is -3.85. The summed E-state index contributed by atoms with van der Waals surface area (Å²) in [6.07, 6.45) is 2.95. The van der Waals surface area contributed by atoms with Crippen LogP contribution in [0.4, 0.5) is 0 Å². The van der Waals surface area contributed by atoms with Crippen LogP contribution in [-0.4, -0.2) is 25.5 Å². The van der Waals surface area contributed by atoms with Crippen molar-refractivity contribution in [2.45, 2.75) is 6.92 Å². The number of hydrogen-bond donors (Lipinski definition) is 1. The highest BCUT2D eigenvalue weighted by Crippen LogP contribution is 2.30. The first-order valence-electron chi connectivity index (χ1n) is 8.47. The molecule has 1 amide bonds. The quantitative estimate of drug-likeness (QED) is 0.263. The Morgan fingerprint density at radius 1 is 1.21 bits per heavy atom. The summed E-state index contributed by atoms with van der Waals surface area (Å²) in [4.78, 5) is 24.4. The fraction of sp³-hybridized carbons (Fsp3) is 0.136. The molecule has 0 spiro atoms. The second-order valence-corrected chi connectivity index (χ2v) is 5.78. The monoisotopic (exact) mass is 376 g/mol. The average molecular weight is 376 g/mol. The number of methoxy groups -OCH3 is 1. The number of carbonyl (C=O) groups excluding carboxylic acids is 2. The van der Waals surface area contributed by atoms with Crippen LogP contribution in [0.25, 0.3) is 6.08 Å². The molecule has 0 aliphatic rings. The maximum absolute atomic E-state index is 12.4. The molecule has 142 valence electrons. The molecule has 0 aliphatic carbocycles. The van der Waals surface area contributed by atoms with Gasteiger partial charge in [-0.1, -0.05) is 30.3 Å². The summed E-state index contributed by atoms with van der Waals surface area (Å²) in [6.45, 7) is 5.59. The number of nitrogens with one attached hydrogen (secondary N) is 1. The number of nitrogens with zero attached hydrogens (tertiary/aromatic N) is 1.